The van der Waals surface area contributed by atoms with E-state index < -0.39 is 0 Å². The summed E-state index contributed by atoms with van der Waals surface area (Å²) >= 11 is 0. The Labute approximate surface area is 120 Å². The fraction of sp³-hybridized carbons (Fsp3) is 0.588. The zero-order valence-corrected chi connectivity index (χ0v) is 11.9. The molecule has 2 unspecified atom stereocenters. The van der Waals surface area contributed by atoms with E-state index >= 15 is 0 Å². The second-order valence-electron chi connectivity index (χ2n) is 6.26. The molecule has 1 heterocycles. The molecule has 20 heavy (non-hydrogen) atoms. The van der Waals surface area contributed by atoms with Crippen molar-refractivity contribution in [1.82, 2.24) is 0 Å². The van der Waals surface area contributed by atoms with Gasteiger partial charge < -0.3 is 10.5 Å². The molecule has 108 valence electrons. The fourth-order valence-electron chi connectivity index (χ4n) is 3.42. The van der Waals surface area contributed by atoms with E-state index in [0.717, 1.165) is 37.9 Å². The number of hydrogen-bond donors (Lipinski definition) is 1. The zero-order valence-electron chi connectivity index (χ0n) is 11.9. The van der Waals surface area contributed by atoms with Crippen LogP contribution in [-0.4, -0.2) is 18.0 Å². The maximum absolute atomic E-state index is 12.5. The van der Waals surface area contributed by atoms with Crippen molar-refractivity contribution in [1.29, 1.82) is 0 Å². The molecule has 1 aliphatic heterocycles. The Morgan fingerprint density at radius 2 is 2.10 bits per heavy atom. The zero-order chi connectivity index (χ0) is 14.0. The molecule has 1 aromatic rings. The van der Waals surface area contributed by atoms with Crippen LogP contribution in [0.15, 0.2) is 30.3 Å². The van der Waals surface area contributed by atoms with Gasteiger partial charge in [-0.2, -0.15) is 0 Å². The fourth-order valence-corrected chi connectivity index (χ4v) is 3.42. The van der Waals surface area contributed by atoms with Gasteiger partial charge >= 0.3 is 0 Å². The quantitative estimate of drug-likeness (QED) is 0.917. The van der Waals surface area contributed by atoms with Crippen LogP contribution in [0, 0.1) is 5.92 Å². The lowest BCUT2D eigenvalue weighted by Gasteiger charge is -2.47. The van der Waals surface area contributed by atoms with E-state index in [-0.39, 0.29) is 17.6 Å². The smallest absolute Gasteiger partial charge is 0.138 e. The van der Waals surface area contributed by atoms with Gasteiger partial charge in [-0.25, -0.2) is 0 Å². The van der Waals surface area contributed by atoms with Gasteiger partial charge in [-0.05, 0) is 37.7 Å². The highest BCUT2D eigenvalue weighted by molar-refractivity contribution is 5.82. The van der Waals surface area contributed by atoms with Crippen LogP contribution >= 0.6 is 0 Å². The molecule has 2 fully saturated rings. The first-order chi connectivity index (χ1) is 9.69. The molecule has 0 radical (unpaired) electrons. The van der Waals surface area contributed by atoms with Gasteiger partial charge in [-0.3, -0.25) is 4.79 Å². The monoisotopic (exact) mass is 273 g/mol. The predicted octanol–water partition coefficient (Wildman–Crippen LogP) is 2.99. The van der Waals surface area contributed by atoms with Crippen LogP contribution in [0.4, 0.5) is 0 Å². The molecule has 0 amide bonds. The predicted molar refractivity (Wildman–Crippen MR) is 78.3 cm³/mol. The van der Waals surface area contributed by atoms with Crippen LogP contribution in [0.5, 0.6) is 0 Å². The third-order valence-corrected chi connectivity index (χ3v) is 4.86. The normalized spacial score (nSPS) is 25.9. The van der Waals surface area contributed by atoms with E-state index in [4.69, 9.17) is 10.5 Å². The molecule has 3 heteroatoms. The van der Waals surface area contributed by atoms with Crippen LogP contribution in [0.2, 0.25) is 0 Å². The van der Waals surface area contributed by atoms with Crippen molar-refractivity contribution in [2.75, 3.05) is 6.61 Å². The molecule has 2 N–H and O–H groups in total. The molecule has 2 aliphatic rings. The molecule has 1 saturated heterocycles. The average Bonchev–Trinajstić information content (AvgIpc) is 2.46. The topological polar surface area (TPSA) is 52.3 Å². The molecular weight excluding hydrogens is 250 g/mol. The second-order valence-corrected chi connectivity index (χ2v) is 6.26. The molecule has 0 bridgehead atoms. The maximum atomic E-state index is 12.5. The van der Waals surface area contributed by atoms with Crippen molar-refractivity contribution in [2.45, 2.75) is 50.2 Å². The molecule has 1 aliphatic carbocycles. The first kappa shape index (κ1) is 13.8. The summed E-state index contributed by atoms with van der Waals surface area (Å²) in [5, 5.41) is 0. The standard InChI is InChI=1S/C17H23NO2/c18-15(13-5-2-1-3-6-13)11-16(19)14-7-10-20-17(12-14)8-4-9-17/h1-3,5-6,14-15H,4,7-12,18H2. The minimum absolute atomic E-state index is 0.0371. The summed E-state index contributed by atoms with van der Waals surface area (Å²) in [6, 6.07) is 9.72. The van der Waals surface area contributed by atoms with Gasteiger partial charge in [0.2, 0.25) is 0 Å². The van der Waals surface area contributed by atoms with Crippen LogP contribution in [0.25, 0.3) is 0 Å². The lowest BCUT2D eigenvalue weighted by atomic mass is 9.70. The first-order valence-corrected chi connectivity index (χ1v) is 7.66. The van der Waals surface area contributed by atoms with Crippen LogP contribution in [0.1, 0.15) is 50.1 Å². The van der Waals surface area contributed by atoms with E-state index in [1.165, 1.54) is 6.42 Å². The summed E-state index contributed by atoms with van der Waals surface area (Å²) in [7, 11) is 0. The molecule has 3 nitrogen and oxygen atoms in total. The minimum atomic E-state index is -0.177. The average molecular weight is 273 g/mol. The van der Waals surface area contributed by atoms with Gasteiger partial charge in [-0.1, -0.05) is 30.3 Å². The highest BCUT2D eigenvalue weighted by Crippen LogP contribution is 2.44. The van der Waals surface area contributed by atoms with Crippen molar-refractivity contribution in [3.63, 3.8) is 0 Å². The van der Waals surface area contributed by atoms with E-state index in [2.05, 4.69) is 0 Å². The Hall–Kier alpha value is -1.19. The van der Waals surface area contributed by atoms with Gasteiger partial charge in [0.05, 0.1) is 5.60 Å². The third-order valence-electron chi connectivity index (χ3n) is 4.86. The lowest BCUT2D eigenvalue weighted by Crippen LogP contribution is -2.47. The second kappa shape index (κ2) is 5.66. The van der Waals surface area contributed by atoms with E-state index in [1.807, 2.05) is 30.3 Å². The number of nitrogens with two attached hydrogens (primary N) is 1. The van der Waals surface area contributed by atoms with Gasteiger partial charge in [0.15, 0.2) is 0 Å². The van der Waals surface area contributed by atoms with Crippen molar-refractivity contribution in [3.05, 3.63) is 35.9 Å². The van der Waals surface area contributed by atoms with Gasteiger partial charge in [0, 0.05) is 25.0 Å². The molecule has 3 rings (SSSR count). The molecule has 2 atom stereocenters. The van der Waals surface area contributed by atoms with Crippen LogP contribution < -0.4 is 5.73 Å². The Balaban J connectivity index is 1.59. The number of rotatable bonds is 4. The van der Waals surface area contributed by atoms with Crippen molar-refractivity contribution < 1.29 is 9.53 Å². The Morgan fingerprint density at radius 1 is 1.35 bits per heavy atom. The van der Waals surface area contributed by atoms with E-state index in [9.17, 15) is 4.79 Å². The Bertz CT molecular complexity index is 467. The summed E-state index contributed by atoms with van der Waals surface area (Å²) in [5.41, 5.74) is 7.25. The molecule has 1 saturated carbocycles. The molecule has 1 aromatic carbocycles. The molecular formula is C17H23NO2. The molecule has 1 spiro atoms. The van der Waals surface area contributed by atoms with Gasteiger partial charge in [0.25, 0.3) is 0 Å². The summed E-state index contributed by atoms with van der Waals surface area (Å²) in [4.78, 5) is 12.5. The lowest BCUT2D eigenvalue weighted by molar-refractivity contribution is -0.155. The summed E-state index contributed by atoms with van der Waals surface area (Å²) < 4.78 is 5.89. The van der Waals surface area contributed by atoms with E-state index in [1.54, 1.807) is 0 Å². The van der Waals surface area contributed by atoms with Crippen LogP contribution in [-0.2, 0) is 9.53 Å². The highest BCUT2D eigenvalue weighted by Gasteiger charge is 2.44. The highest BCUT2D eigenvalue weighted by atomic mass is 16.5. The van der Waals surface area contributed by atoms with Gasteiger partial charge in [-0.15, -0.1) is 0 Å². The summed E-state index contributed by atoms with van der Waals surface area (Å²) in [6.07, 6.45) is 5.72. The first-order valence-electron chi connectivity index (χ1n) is 7.66. The number of ketones is 1. The Kier molecular flexibility index (Phi) is 3.90. The van der Waals surface area contributed by atoms with Gasteiger partial charge in [0.1, 0.15) is 5.78 Å². The number of carbonyl (C=O) groups is 1. The number of carbonyl (C=O) groups excluding carboxylic acids is 1. The summed E-state index contributed by atoms with van der Waals surface area (Å²) in [5.74, 6) is 0.467. The number of hydrogen-bond acceptors (Lipinski definition) is 3. The largest absolute Gasteiger partial charge is 0.375 e. The Morgan fingerprint density at radius 3 is 2.75 bits per heavy atom. The third kappa shape index (κ3) is 2.79. The number of ether oxygens (including phenoxy) is 1. The van der Waals surface area contributed by atoms with Crippen molar-refractivity contribution >= 4 is 5.78 Å². The minimum Gasteiger partial charge on any atom is -0.375 e. The molecule has 0 aromatic heterocycles. The maximum Gasteiger partial charge on any atom is 0.138 e. The number of benzene rings is 1. The summed E-state index contributed by atoms with van der Waals surface area (Å²) in [6.45, 7) is 0.733. The van der Waals surface area contributed by atoms with Crippen molar-refractivity contribution in [3.8, 4) is 0 Å². The number of Topliss-reactive ketones (excluding diaryl/α,β-unsaturated/α-hetero) is 1. The van der Waals surface area contributed by atoms with Crippen molar-refractivity contribution in [2.24, 2.45) is 11.7 Å². The van der Waals surface area contributed by atoms with Crippen LogP contribution in [0.3, 0.4) is 0 Å². The SMILES string of the molecule is NC(CC(=O)C1CCOC2(CCC2)C1)c1ccccc1. The van der Waals surface area contributed by atoms with E-state index in [0.29, 0.717) is 12.2 Å².